The molecular formula is C33H35ClF3N3O4. The standard InChI is InChI=1S/C33H35ClF3N3O4/c1-20(41)38-18-22-6-5-7-23(14-22)30-26-15-25(34)12-13-27(26)40(19-32(2,3)4)31(43)28(44-30)16-29(42)39-17-21-8-10-24(11-9-21)33(35,36)37/h5-15,28,30H,16-19H2,1-4H3,(H,38,41)(H,39,42). The van der Waals surface area contributed by atoms with Gasteiger partial charge in [-0.1, -0.05) is 68.8 Å². The van der Waals surface area contributed by atoms with E-state index in [1.807, 2.05) is 45.0 Å². The Hall–Kier alpha value is -3.89. The van der Waals surface area contributed by atoms with Crippen molar-refractivity contribution in [3.63, 3.8) is 0 Å². The number of benzene rings is 3. The molecule has 0 saturated carbocycles. The highest BCUT2D eigenvalue weighted by molar-refractivity contribution is 6.30. The van der Waals surface area contributed by atoms with E-state index >= 15 is 0 Å². The van der Waals surface area contributed by atoms with E-state index in [4.69, 9.17) is 16.3 Å². The van der Waals surface area contributed by atoms with Gasteiger partial charge in [-0.25, -0.2) is 0 Å². The molecule has 1 aliphatic heterocycles. The molecule has 3 aromatic rings. The van der Waals surface area contributed by atoms with E-state index in [9.17, 15) is 27.6 Å². The van der Waals surface area contributed by atoms with Gasteiger partial charge in [-0.15, -0.1) is 0 Å². The normalized spacial score (nSPS) is 17.1. The highest BCUT2D eigenvalue weighted by atomic mass is 35.5. The molecule has 0 aliphatic carbocycles. The summed E-state index contributed by atoms with van der Waals surface area (Å²) < 4.78 is 45.2. The number of amides is 3. The highest BCUT2D eigenvalue weighted by Gasteiger charge is 2.39. The monoisotopic (exact) mass is 629 g/mol. The molecule has 1 aliphatic rings. The number of carbonyl (C=O) groups excluding carboxylic acids is 3. The van der Waals surface area contributed by atoms with Crippen molar-refractivity contribution in [2.24, 2.45) is 5.41 Å². The Labute approximate surface area is 259 Å². The van der Waals surface area contributed by atoms with Crippen LogP contribution < -0.4 is 15.5 Å². The maximum atomic E-state index is 14.1. The van der Waals surface area contributed by atoms with Gasteiger partial charge in [-0.05, 0) is 52.4 Å². The third-order valence-electron chi connectivity index (χ3n) is 6.97. The predicted molar refractivity (Wildman–Crippen MR) is 162 cm³/mol. The van der Waals surface area contributed by atoms with Crippen LogP contribution in [0.15, 0.2) is 66.7 Å². The van der Waals surface area contributed by atoms with Gasteiger partial charge in [-0.2, -0.15) is 13.2 Å². The Morgan fingerprint density at radius 2 is 1.61 bits per heavy atom. The van der Waals surface area contributed by atoms with E-state index in [1.54, 1.807) is 23.1 Å². The molecule has 0 fully saturated rings. The van der Waals surface area contributed by atoms with Gasteiger partial charge in [0.1, 0.15) is 12.2 Å². The number of hydrogen-bond donors (Lipinski definition) is 2. The molecule has 2 atom stereocenters. The second kappa shape index (κ2) is 13.4. The smallest absolute Gasteiger partial charge is 0.355 e. The minimum absolute atomic E-state index is 0.0198. The van der Waals surface area contributed by atoms with Crippen molar-refractivity contribution in [3.8, 4) is 0 Å². The number of nitrogens with zero attached hydrogens (tertiary/aromatic N) is 1. The molecule has 7 nitrogen and oxygen atoms in total. The molecule has 44 heavy (non-hydrogen) atoms. The average molecular weight is 630 g/mol. The van der Waals surface area contributed by atoms with Crippen molar-refractivity contribution in [2.75, 3.05) is 11.4 Å². The van der Waals surface area contributed by atoms with Crippen LogP contribution in [0, 0.1) is 5.41 Å². The SMILES string of the molecule is CC(=O)NCc1cccc(C2OC(CC(=O)NCc3ccc(C(F)(F)F)cc3)C(=O)N(CC(C)(C)C)c3ccc(Cl)cc32)c1. The number of nitrogens with one attached hydrogen (secondary N) is 2. The van der Waals surface area contributed by atoms with Crippen LogP contribution in [-0.2, 0) is 38.4 Å². The fourth-order valence-electron chi connectivity index (χ4n) is 4.95. The van der Waals surface area contributed by atoms with Crippen LogP contribution in [0.1, 0.15) is 68.0 Å². The minimum Gasteiger partial charge on any atom is -0.355 e. The van der Waals surface area contributed by atoms with E-state index in [-0.39, 0.29) is 24.3 Å². The molecule has 234 valence electrons. The average Bonchev–Trinajstić information content (AvgIpc) is 3.04. The Morgan fingerprint density at radius 3 is 2.25 bits per heavy atom. The summed E-state index contributed by atoms with van der Waals surface area (Å²) in [7, 11) is 0. The number of rotatable bonds is 8. The van der Waals surface area contributed by atoms with Crippen LogP contribution in [-0.4, -0.2) is 30.4 Å². The largest absolute Gasteiger partial charge is 0.416 e. The lowest BCUT2D eigenvalue weighted by Gasteiger charge is -2.31. The van der Waals surface area contributed by atoms with Crippen molar-refractivity contribution in [1.29, 1.82) is 0 Å². The minimum atomic E-state index is -4.46. The van der Waals surface area contributed by atoms with Gasteiger partial charge in [-0.3, -0.25) is 14.4 Å². The molecule has 0 radical (unpaired) electrons. The summed E-state index contributed by atoms with van der Waals surface area (Å²) >= 11 is 6.44. The zero-order valence-electron chi connectivity index (χ0n) is 24.9. The molecule has 3 amide bonds. The molecule has 3 aromatic carbocycles. The first-order valence-corrected chi connectivity index (χ1v) is 14.5. The van der Waals surface area contributed by atoms with Crippen LogP contribution in [0.25, 0.3) is 0 Å². The summed E-state index contributed by atoms with van der Waals surface area (Å²) in [5, 5.41) is 5.92. The summed E-state index contributed by atoms with van der Waals surface area (Å²) in [6.07, 6.45) is -6.73. The van der Waals surface area contributed by atoms with Crippen LogP contribution in [0.4, 0.5) is 18.9 Å². The molecular weight excluding hydrogens is 595 g/mol. The van der Waals surface area contributed by atoms with Gasteiger partial charge < -0.3 is 20.3 Å². The van der Waals surface area contributed by atoms with E-state index < -0.39 is 35.8 Å². The van der Waals surface area contributed by atoms with Gasteiger partial charge in [0.25, 0.3) is 5.91 Å². The molecule has 0 saturated heterocycles. The quantitative estimate of drug-likeness (QED) is 0.295. The molecule has 4 rings (SSSR count). The van der Waals surface area contributed by atoms with Gasteiger partial charge in [0.05, 0.1) is 12.0 Å². The van der Waals surface area contributed by atoms with Gasteiger partial charge in [0.15, 0.2) is 0 Å². The first-order chi connectivity index (χ1) is 20.6. The topological polar surface area (TPSA) is 87.7 Å². The summed E-state index contributed by atoms with van der Waals surface area (Å²) in [5.74, 6) is -1.07. The fraction of sp³-hybridized carbons (Fsp3) is 0.364. The molecule has 0 spiro atoms. The van der Waals surface area contributed by atoms with Crippen molar-refractivity contribution >= 4 is 35.0 Å². The Morgan fingerprint density at radius 1 is 0.932 bits per heavy atom. The van der Waals surface area contributed by atoms with Crippen molar-refractivity contribution < 1.29 is 32.3 Å². The number of carbonyl (C=O) groups is 3. The number of fused-ring (bicyclic) bond motifs is 1. The molecule has 0 aromatic heterocycles. The van der Waals surface area contributed by atoms with Crippen LogP contribution in [0.2, 0.25) is 5.02 Å². The zero-order valence-corrected chi connectivity index (χ0v) is 25.7. The fourth-order valence-corrected chi connectivity index (χ4v) is 5.13. The maximum Gasteiger partial charge on any atom is 0.416 e. The first kappa shape index (κ1) is 33.0. The lowest BCUT2D eigenvalue weighted by molar-refractivity contribution is -0.138. The summed E-state index contributed by atoms with van der Waals surface area (Å²) in [6.45, 7) is 8.03. The second-order valence-corrected chi connectivity index (χ2v) is 12.5. The van der Waals surface area contributed by atoms with Crippen LogP contribution in [0.5, 0.6) is 0 Å². The highest BCUT2D eigenvalue weighted by Crippen LogP contribution is 2.41. The van der Waals surface area contributed by atoms with Crippen LogP contribution in [0.3, 0.4) is 0 Å². The van der Waals surface area contributed by atoms with Gasteiger partial charge in [0.2, 0.25) is 11.8 Å². The second-order valence-electron chi connectivity index (χ2n) is 12.0. The van der Waals surface area contributed by atoms with E-state index in [0.717, 1.165) is 17.7 Å². The van der Waals surface area contributed by atoms with E-state index in [0.29, 0.717) is 40.5 Å². The summed E-state index contributed by atoms with van der Waals surface area (Å²) in [6, 6.07) is 17.1. The lowest BCUT2D eigenvalue weighted by atomic mass is 9.94. The van der Waals surface area contributed by atoms with Crippen molar-refractivity contribution in [3.05, 3.63) is 99.6 Å². The van der Waals surface area contributed by atoms with E-state index in [1.165, 1.54) is 19.1 Å². The van der Waals surface area contributed by atoms with Gasteiger partial charge >= 0.3 is 6.18 Å². The molecule has 2 N–H and O–H groups in total. The number of alkyl halides is 3. The number of ether oxygens (including phenoxy) is 1. The Balaban J connectivity index is 1.65. The molecule has 0 bridgehead atoms. The van der Waals surface area contributed by atoms with Crippen molar-refractivity contribution in [1.82, 2.24) is 10.6 Å². The van der Waals surface area contributed by atoms with Crippen molar-refractivity contribution in [2.45, 2.75) is 65.6 Å². The number of hydrogen-bond acceptors (Lipinski definition) is 4. The predicted octanol–water partition coefficient (Wildman–Crippen LogP) is 6.57. The maximum absolute atomic E-state index is 14.1. The molecule has 2 unspecified atom stereocenters. The Kier molecular flexibility index (Phi) is 10.1. The molecule has 1 heterocycles. The van der Waals surface area contributed by atoms with Gasteiger partial charge in [0, 0.05) is 42.8 Å². The molecule has 11 heteroatoms. The number of anilines is 1. The zero-order chi connectivity index (χ0) is 32.2. The third-order valence-corrected chi connectivity index (χ3v) is 7.21. The van der Waals surface area contributed by atoms with E-state index in [2.05, 4.69) is 10.6 Å². The lowest BCUT2D eigenvalue weighted by Crippen LogP contribution is -2.45. The third kappa shape index (κ3) is 8.60. The number of halogens is 4. The summed E-state index contributed by atoms with van der Waals surface area (Å²) in [5.41, 5.74) is 2.18. The van der Waals surface area contributed by atoms with Crippen LogP contribution >= 0.6 is 11.6 Å². The first-order valence-electron chi connectivity index (χ1n) is 14.1. The summed E-state index contributed by atoms with van der Waals surface area (Å²) in [4.78, 5) is 40.3. The Bertz CT molecular complexity index is 1520.